The van der Waals surface area contributed by atoms with E-state index in [9.17, 15) is 9.59 Å². The van der Waals surface area contributed by atoms with Crippen molar-refractivity contribution in [3.63, 3.8) is 0 Å². The maximum absolute atomic E-state index is 13.0. The smallest absolute Gasteiger partial charge is 0.252 e. The van der Waals surface area contributed by atoms with E-state index in [4.69, 9.17) is 23.7 Å². The normalized spacial score (nSPS) is 34.5. The van der Waals surface area contributed by atoms with Gasteiger partial charge in [-0.1, -0.05) is 18.2 Å². The van der Waals surface area contributed by atoms with E-state index in [2.05, 4.69) is 10.6 Å². The molecule has 0 radical (unpaired) electrons. The fraction of sp³-hybridized carbons (Fsp3) is 0.619. The van der Waals surface area contributed by atoms with Crippen molar-refractivity contribution in [2.45, 2.75) is 82.9 Å². The number of anilines is 1. The molecule has 3 aliphatic rings. The number of ether oxygens (including phenoxy) is 5. The van der Waals surface area contributed by atoms with Crippen LogP contribution < -0.4 is 10.6 Å². The molecule has 0 spiro atoms. The predicted molar refractivity (Wildman–Crippen MR) is 105 cm³/mol. The van der Waals surface area contributed by atoms with Gasteiger partial charge < -0.3 is 34.3 Å². The number of carbonyl (C=O) groups is 2. The van der Waals surface area contributed by atoms with Gasteiger partial charge in [0.25, 0.3) is 5.91 Å². The summed E-state index contributed by atoms with van der Waals surface area (Å²) in [6.45, 7) is 8.69. The number of para-hydroxylation sites is 1. The van der Waals surface area contributed by atoms with Gasteiger partial charge in [0, 0.05) is 5.69 Å². The van der Waals surface area contributed by atoms with E-state index in [1.807, 2.05) is 18.2 Å². The van der Waals surface area contributed by atoms with Gasteiger partial charge in [-0.25, -0.2) is 0 Å². The second-order valence-corrected chi connectivity index (χ2v) is 8.68. The Hall–Kier alpha value is -2.04. The largest absolute Gasteiger partial charge is 0.342 e. The van der Waals surface area contributed by atoms with E-state index in [0.29, 0.717) is 5.69 Å². The van der Waals surface area contributed by atoms with E-state index in [0.717, 1.165) is 0 Å². The first kappa shape index (κ1) is 21.2. The van der Waals surface area contributed by atoms with Crippen LogP contribution in [0.2, 0.25) is 0 Å². The monoisotopic (exact) mass is 420 g/mol. The molecule has 1 aromatic rings. The van der Waals surface area contributed by atoms with Gasteiger partial charge in [-0.3, -0.25) is 9.59 Å². The first-order valence-corrected chi connectivity index (χ1v) is 10.1. The number of fused-ring (bicyclic) bond motifs is 3. The van der Waals surface area contributed by atoms with Crippen molar-refractivity contribution in [2.24, 2.45) is 0 Å². The molecular formula is C21H28N2O7. The van der Waals surface area contributed by atoms with Crippen LogP contribution in [0.15, 0.2) is 30.3 Å². The zero-order chi connectivity index (χ0) is 21.7. The molecule has 164 valence electrons. The Kier molecular flexibility index (Phi) is 5.36. The van der Waals surface area contributed by atoms with Crippen LogP contribution in [0.3, 0.4) is 0 Å². The van der Waals surface area contributed by atoms with Gasteiger partial charge in [-0.2, -0.15) is 0 Å². The van der Waals surface area contributed by atoms with Gasteiger partial charge in [-0.15, -0.1) is 0 Å². The minimum Gasteiger partial charge on any atom is -0.342 e. The van der Waals surface area contributed by atoms with Crippen molar-refractivity contribution in [1.82, 2.24) is 5.32 Å². The first-order valence-electron chi connectivity index (χ1n) is 10.1. The quantitative estimate of drug-likeness (QED) is 0.761. The van der Waals surface area contributed by atoms with Crippen molar-refractivity contribution in [3.05, 3.63) is 30.3 Å². The van der Waals surface area contributed by atoms with Crippen molar-refractivity contribution in [1.29, 1.82) is 0 Å². The van der Waals surface area contributed by atoms with Gasteiger partial charge in [0.2, 0.25) is 5.91 Å². The summed E-state index contributed by atoms with van der Waals surface area (Å²) >= 11 is 0. The second-order valence-electron chi connectivity index (χ2n) is 8.68. The number of amides is 2. The van der Waals surface area contributed by atoms with Gasteiger partial charge in [0.15, 0.2) is 24.0 Å². The summed E-state index contributed by atoms with van der Waals surface area (Å²) in [5, 5.41) is 5.46. The fourth-order valence-electron chi connectivity index (χ4n) is 3.96. The summed E-state index contributed by atoms with van der Waals surface area (Å²) < 4.78 is 29.6. The van der Waals surface area contributed by atoms with Crippen LogP contribution >= 0.6 is 0 Å². The molecule has 3 aliphatic heterocycles. The second kappa shape index (κ2) is 7.58. The highest BCUT2D eigenvalue weighted by Gasteiger charge is 2.62. The lowest BCUT2D eigenvalue weighted by molar-refractivity contribution is -0.231. The molecule has 3 saturated heterocycles. The Morgan fingerprint density at radius 2 is 1.50 bits per heavy atom. The molecule has 0 bridgehead atoms. The topological polar surface area (TPSA) is 104 Å². The summed E-state index contributed by atoms with van der Waals surface area (Å²) in [6.07, 6.45) is -3.53. The van der Waals surface area contributed by atoms with Crippen LogP contribution in [0.5, 0.6) is 0 Å². The minimum absolute atomic E-state index is 0.342. The molecule has 3 heterocycles. The molecular weight excluding hydrogens is 392 g/mol. The summed E-state index contributed by atoms with van der Waals surface area (Å²) in [7, 11) is 0. The Balaban J connectivity index is 1.45. The number of rotatable bonds is 4. The van der Waals surface area contributed by atoms with Gasteiger partial charge in [-0.05, 0) is 46.8 Å². The number of benzene rings is 1. The lowest BCUT2D eigenvalue weighted by atomic mass is 9.98. The van der Waals surface area contributed by atoms with Gasteiger partial charge in [0.05, 0.1) is 0 Å². The Morgan fingerprint density at radius 3 is 2.20 bits per heavy atom. The zero-order valence-electron chi connectivity index (χ0n) is 17.7. The average molecular weight is 420 g/mol. The maximum Gasteiger partial charge on any atom is 0.252 e. The molecule has 1 aromatic carbocycles. The standard InChI is InChI=1S/C21H28N2O7/c1-11(17(24)23-12-9-7-6-8-10-12)22-18(25)15-13-14(28-20(2,3)27-13)16-19(26-15)30-21(4,5)29-16/h6-11,13-16,19H,1-5H3,(H,22,25)(H,23,24)/t11-,13+,14-,15+,16+,19+/m0/s1. The van der Waals surface area contributed by atoms with Gasteiger partial charge >= 0.3 is 0 Å². The molecule has 9 nitrogen and oxygen atoms in total. The molecule has 3 fully saturated rings. The molecule has 2 N–H and O–H groups in total. The summed E-state index contributed by atoms with van der Waals surface area (Å²) in [5.41, 5.74) is 0.647. The van der Waals surface area contributed by atoms with E-state index in [1.165, 1.54) is 0 Å². The fourth-order valence-corrected chi connectivity index (χ4v) is 3.96. The highest BCUT2D eigenvalue weighted by Crippen LogP contribution is 2.44. The molecule has 0 saturated carbocycles. The number of nitrogens with one attached hydrogen (secondary N) is 2. The molecule has 30 heavy (non-hydrogen) atoms. The molecule has 0 aliphatic carbocycles. The summed E-state index contributed by atoms with van der Waals surface area (Å²) in [4.78, 5) is 25.5. The van der Waals surface area contributed by atoms with Crippen LogP contribution in [0, 0.1) is 0 Å². The Labute approximate surface area is 175 Å². The minimum atomic E-state index is -1.01. The number of carbonyl (C=O) groups excluding carboxylic acids is 2. The van der Waals surface area contributed by atoms with Crippen LogP contribution in [-0.2, 0) is 33.3 Å². The van der Waals surface area contributed by atoms with E-state index in [-0.39, 0.29) is 5.91 Å². The molecule has 0 unspecified atom stereocenters. The Morgan fingerprint density at radius 1 is 0.900 bits per heavy atom. The number of hydrogen-bond donors (Lipinski definition) is 2. The molecule has 2 amide bonds. The van der Waals surface area contributed by atoms with Crippen LogP contribution in [0.4, 0.5) is 5.69 Å². The molecule has 9 heteroatoms. The average Bonchev–Trinajstić information content (AvgIpc) is 3.15. The number of hydrogen-bond acceptors (Lipinski definition) is 7. The van der Waals surface area contributed by atoms with Crippen LogP contribution in [0.1, 0.15) is 34.6 Å². The third-order valence-corrected chi connectivity index (χ3v) is 5.21. The van der Waals surface area contributed by atoms with Crippen molar-refractivity contribution >= 4 is 17.5 Å². The van der Waals surface area contributed by atoms with E-state index < -0.39 is 54.2 Å². The SMILES string of the molecule is C[C@H](NC(=O)[C@@H]1O[C@@H]2OC(C)(C)O[C@@H]2[C@H]2OC(C)(C)O[C@H]21)C(=O)Nc1ccccc1. The van der Waals surface area contributed by atoms with E-state index >= 15 is 0 Å². The van der Waals surface area contributed by atoms with Crippen LogP contribution in [0.25, 0.3) is 0 Å². The first-order chi connectivity index (χ1) is 14.0. The third-order valence-electron chi connectivity index (χ3n) is 5.21. The zero-order valence-corrected chi connectivity index (χ0v) is 17.7. The highest BCUT2D eigenvalue weighted by atomic mass is 16.9. The van der Waals surface area contributed by atoms with Crippen molar-refractivity contribution in [2.75, 3.05) is 5.32 Å². The van der Waals surface area contributed by atoms with Crippen LogP contribution in [-0.4, -0.2) is 60.1 Å². The van der Waals surface area contributed by atoms with Crippen molar-refractivity contribution in [3.8, 4) is 0 Å². The lowest BCUT2D eigenvalue weighted by Gasteiger charge is -2.36. The molecule has 4 rings (SSSR count). The van der Waals surface area contributed by atoms with Gasteiger partial charge in [0.1, 0.15) is 24.4 Å². The predicted octanol–water partition coefficient (Wildman–Crippen LogP) is 1.53. The van der Waals surface area contributed by atoms with Crippen molar-refractivity contribution < 1.29 is 33.3 Å². The third kappa shape index (κ3) is 4.21. The highest BCUT2D eigenvalue weighted by molar-refractivity contribution is 5.97. The lowest BCUT2D eigenvalue weighted by Crippen LogP contribution is -2.60. The summed E-state index contributed by atoms with van der Waals surface area (Å²) in [5.74, 6) is -2.60. The summed E-state index contributed by atoms with van der Waals surface area (Å²) in [6, 6.07) is 8.24. The molecule has 6 atom stereocenters. The molecule has 0 aromatic heterocycles. The Bertz CT molecular complexity index is 813. The maximum atomic E-state index is 13.0. The van der Waals surface area contributed by atoms with E-state index in [1.54, 1.807) is 46.8 Å².